The van der Waals surface area contributed by atoms with E-state index >= 15 is 0 Å². The van der Waals surface area contributed by atoms with Crippen molar-refractivity contribution in [3.8, 4) is 17.2 Å². The van der Waals surface area contributed by atoms with E-state index in [0.29, 0.717) is 22.7 Å². The quantitative estimate of drug-likeness (QED) is 0.317. The molecule has 1 unspecified atom stereocenters. The van der Waals surface area contributed by atoms with Gasteiger partial charge in [0.05, 0.1) is 43.5 Å². The number of Topliss-reactive ketones (excluding diaryl/α,β-unsaturated/α-hetero) is 1. The lowest BCUT2D eigenvalue weighted by atomic mass is 9.95. The van der Waals surface area contributed by atoms with E-state index in [-0.39, 0.29) is 21.9 Å². The van der Waals surface area contributed by atoms with Gasteiger partial charge >= 0.3 is 0 Å². The normalized spacial score (nSPS) is 17.1. The van der Waals surface area contributed by atoms with E-state index in [2.05, 4.69) is 4.98 Å². The summed E-state index contributed by atoms with van der Waals surface area (Å²) in [7, 11) is 4.39. The van der Waals surface area contributed by atoms with Crippen molar-refractivity contribution >= 4 is 34.7 Å². The number of halogens is 1. The number of carbonyl (C=O) groups is 2. The van der Waals surface area contributed by atoms with Gasteiger partial charge < -0.3 is 19.3 Å². The number of carbonyl (C=O) groups excluding carboxylic acids is 2. The number of anilines is 1. The Morgan fingerprint density at radius 2 is 1.59 bits per heavy atom. The molecule has 1 fully saturated rings. The predicted molar refractivity (Wildman–Crippen MR) is 127 cm³/mol. The van der Waals surface area contributed by atoms with Gasteiger partial charge in [-0.15, -0.1) is 0 Å². The first-order chi connectivity index (χ1) is 16.4. The van der Waals surface area contributed by atoms with Crippen LogP contribution in [-0.4, -0.2) is 43.1 Å². The van der Waals surface area contributed by atoms with Crippen LogP contribution >= 0.6 is 11.6 Å². The molecule has 0 aliphatic carbocycles. The molecule has 1 atom stereocenters. The summed E-state index contributed by atoms with van der Waals surface area (Å²) in [5.74, 6) is -0.894. The van der Waals surface area contributed by atoms with E-state index < -0.39 is 23.5 Å². The maximum absolute atomic E-state index is 13.3. The molecule has 9 heteroatoms. The highest BCUT2D eigenvalue weighted by atomic mass is 35.5. The highest BCUT2D eigenvalue weighted by molar-refractivity contribution is 6.51. The molecule has 1 saturated heterocycles. The third kappa shape index (κ3) is 3.92. The predicted octanol–water partition coefficient (Wildman–Crippen LogP) is 4.39. The molecule has 4 rings (SSSR count). The van der Waals surface area contributed by atoms with Gasteiger partial charge in [0.15, 0.2) is 0 Å². The maximum atomic E-state index is 13.3. The van der Waals surface area contributed by atoms with Gasteiger partial charge in [-0.25, -0.2) is 0 Å². The van der Waals surface area contributed by atoms with Gasteiger partial charge in [0.1, 0.15) is 23.0 Å². The van der Waals surface area contributed by atoms with Gasteiger partial charge in [-0.1, -0.05) is 11.6 Å². The minimum absolute atomic E-state index is 0.105. The Bertz CT molecular complexity index is 1270. The Balaban J connectivity index is 1.95. The Kier molecular flexibility index (Phi) is 6.43. The van der Waals surface area contributed by atoms with Crippen LogP contribution < -0.4 is 19.1 Å². The molecule has 174 valence electrons. The van der Waals surface area contributed by atoms with E-state index in [1.807, 2.05) is 0 Å². The number of methoxy groups -OCH3 is 3. The van der Waals surface area contributed by atoms with Crippen molar-refractivity contribution in [3.63, 3.8) is 0 Å². The number of amides is 1. The number of hydrogen-bond acceptors (Lipinski definition) is 7. The summed E-state index contributed by atoms with van der Waals surface area (Å²) in [6.07, 6.45) is 3.10. The Morgan fingerprint density at radius 3 is 2.18 bits per heavy atom. The second kappa shape index (κ2) is 9.44. The van der Waals surface area contributed by atoms with Crippen LogP contribution in [0.4, 0.5) is 5.69 Å². The van der Waals surface area contributed by atoms with E-state index in [1.54, 1.807) is 48.8 Å². The summed E-state index contributed by atoms with van der Waals surface area (Å²) in [5, 5.41) is 11.6. The zero-order valence-corrected chi connectivity index (χ0v) is 19.4. The number of ketones is 1. The molecule has 0 bridgehead atoms. The van der Waals surface area contributed by atoms with Crippen LogP contribution in [0.1, 0.15) is 17.2 Å². The number of aromatic nitrogens is 1. The number of pyridine rings is 1. The van der Waals surface area contributed by atoms with Gasteiger partial charge in [0.2, 0.25) is 0 Å². The zero-order valence-electron chi connectivity index (χ0n) is 18.6. The maximum Gasteiger partial charge on any atom is 0.300 e. The molecule has 1 aliphatic rings. The third-order valence-electron chi connectivity index (χ3n) is 5.55. The van der Waals surface area contributed by atoms with Crippen LogP contribution in [0.25, 0.3) is 5.76 Å². The van der Waals surface area contributed by atoms with Crippen molar-refractivity contribution in [2.45, 2.75) is 6.04 Å². The first kappa shape index (κ1) is 23.1. The molecule has 2 aromatic carbocycles. The standard InChI is InChI=1S/C25H21ClN2O6/c1-32-16-6-4-15(5-7-16)28-22(14-8-10-27-11-9-14)21(24(30)25(28)31)23(29)17-12-18(26)20(34-3)13-19(17)33-2/h4-13,22,29H,1-3H3/b23-21+. The lowest BCUT2D eigenvalue weighted by molar-refractivity contribution is -0.132. The van der Waals surface area contributed by atoms with Crippen LogP contribution in [0.15, 0.2) is 66.5 Å². The SMILES string of the molecule is COc1ccc(N2C(=O)C(=O)/C(=C(/O)c3cc(Cl)c(OC)cc3OC)C2c2ccncc2)cc1. The monoisotopic (exact) mass is 480 g/mol. The fourth-order valence-corrected chi connectivity index (χ4v) is 4.13. The number of rotatable bonds is 6. The molecule has 1 N–H and O–H groups in total. The lowest BCUT2D eigenvalue weighted by Crippen LogP contribution is -2.29. The minimum Gasteiger partial charge on any atom is -0.507 e. The van der Waals surface area contributed by atoms with Crippen LogP contribution in [-0.2, 0) is 9.59 Å². The third-order valence-corrected chi connectivity index (χ3v) is 5.84. The molecule has 1 amide bonds. The number of aliphatic hydroxyl groups excluding tert-OH is 1. The summed E-state index contributed by atoms with van der Waals surface area (Å²) < 4.78 is 15.8. The molecule has 1 aliphatic heterocycles. The van der Waals surface area contributed by atoms with E-state index in [1.165, 1.54) is 38.4 Å². The molecular weight excluding hydrogens is 460 g/mol. The second-order valence-electron chi connectivity index (χ2n) is 7.33. The lowest BCUT2D eigenvalue weighted by Gasteiger charge is -2.25. The highest BCUT2D eigenvalue weighted by Crippen LogP contribution is 2.44. The highest BCUT2D eigenvalue weighted by Gasteiger charge is 2.47. The molecule has 0 spiro atoms. The van der Waals surface area contributed by atoms with Crippen LogP contribution in [0.2, 0.25) is 5.02 Å². The van der Waals surface area contributed by atoms with E-state index in [4.69, 9.17) is 25.8 Å². The molecule has 8 nitrogen and oxygen atoms in total. The molecule has 3 aromatic rings. The van der Waals surface area contributed by atoms with Crippen molar-refractivity contribution in [2.24, 2.45) is 0 Å². The topological polar surface area (TPSA) is 98.2 Å². The van der Waals surface area contributed by atoms with Gasteiger partial charge in [-0.05, 0) is 48.0 Å². The molecule has 34 heavy (non-hydrogen) atoms. The van der Waals surface area contributed by atoms with Gasteiger partial charge in [0, 0.05) is 24.1 Å². The molecule has 0 saturated carbocycles. The number of hydrogen-bond donors (Lipinski definition) is 1. The summed E-state index contributed by atoms with van der Waals surface area (Å²) in [6.45, 7) is 0. The van der Waals surface area contributed by atoms with E-state index in [9.17, 15) is 14.7 Å². The summed E-state index contributed by atoms with van der Waals surface area (Å²) in [6, 6.07) is 12.1. The smallest absolute Gasteiger partial charge is 0.300 e. The van der Waals surface area contributed by atoms with Crippen LogP contribution in [0, 0.1) is 0 Å². The number of ether oxygens (including phenoxy) is 3. The molecule has 2 heterocycles. The van der Waals surface area contributed by atoms with Gasteiger partial charge in [-0.2, -0.15) is 0 Å². The Labute approximate surface area is 201 Å². The average Bonchev–Trinajstić information content (AvgIpc) is 3.14. The van der Waals surface area contributed by atoms with Crippen molar-refractivity contribution < 1.29 is 28.9 Å². The second-order valence-corrected chi connectivity index (χ2v) is 7.74. The summed E-state index contributed by atoms with van der Waals surface area (Å²) >= 11 is 6.28. The zero-order chi connectivity index (χ0) is 24.4. The molecule has 0 radical (unpaired) electrons. The van der Waals surface area contributed by atoms with Crippen molar-refractivity contribution in [3.05, 3.63) is 82.6 Å². The van der Waals surface area contributed by atoms with Crippen molar-refractivity contribution in [1.29, 1.82) is 0 Å². The summed E-state index contributed by atoms with van der Waals surface area (Å²) in [5.41, 5.74) is 1.10. The van der Waals surface area contributed by atoms with Crippen molar-refractivity contribution in [2.75, 3.05) is 26.2 Å². The fraction of sp³-hybridized carbons (Fsp3) is 0.160. The number of aliphatic hydroxyl groups is 1. The van der Waals surface area contributed by atoms with Crippen molar-refractivity contribution in [1.82, 2.24) is 4.98 Å². The van der Waals surface area contributed by atoms with Gasteiger partial charge in [0.25, 0.3) is 11.7 Å². The number of nitrogens with zero attached hydrogens (tertiary/aromatic N) is 2. The Hall–Kier alpha value is -4.04. The van der Waals surface area contributed by atoms with Crippen LogP contribution in [0.5, 0.6) is 17.2 Å². The van der Waals surface area contributed by atoms with E-state index in [0.717, 1.165) is 0 Å². The number of benzene rings is 2. The minimum atomic E-state index is -0.915. The first-order valence-corrected chi connectivity index (χ1v) is 10.6. The summed E-state index contributed by atoms with van der Waals surface area (Å²) in [4.78, 5) is 31.8. The van der Waals surface area contributed by atoms with Gasteiger partial charge in [-0.3, -0.25) is 19.5 Å². The molecule has 1 aromatic heterocycles. The largest absolute Gasteiger partial charge is 0.507 e. The first-order valence-electron chi connectivity index (χ1n) is 10.2. The molecular formula is C25H21ClN2O6. The van der Waals surface area contributed by atoms with Crippen LogP contribution in [0.3, 0.4) is 0 Å². The fourth-order valence-electron chi connectivity index (χ4n) is 3.89. The Morgan fingerprint density at radius 1 is 0.941 bits per heavy atom. The average molecular weight is 481 g/mol.